The van der Waals surface area contributed by atoms with Crippen LogP contribution in [0.2, 0.25) is 0 Å². The maximum atomic E-state index is 5.51. The number of hydrogen-bond acceptors (Lipinski definition) is 2. The second kappa shape index (κ2) is 10.2. The summed E-state index contributed by atoms with van der Waals surface area (Å²) < 4.78 is 5.51. The van der Waals surface area contributed by atoms with Gasteiger partial charge in [-0.3, -0.25) is 4.99 Å². The van der Waals surface area contributed by atoms with Gasteiger partial charge in [-0.05, 0) is 25.7 Å². The second-order valence-corrected chi connectivity index (χ2v) is 5.41. The average Bonchev–Trinajstić information content (AvgIpc) is 2.28. The molecule has 0 heterocycles. The van der Waals surface area contributed by atoms with Crippen LogP contribution in [0.3, 0.4) is 0 Å². The Morgan fingerprint density at radius 2 is 1.83 bits per heavy atom. The number of guanidine groups is 1. The summed E-state index contributed by atoms with van der Waals surface area (Å²) in [6.45, 7) is 16.0. The van der Waals surface area contributed by atoms with Crippen LogP contribution in [0.15, 0.2) is 4.99 Å². The lowest BCUT2D eigenvalue weighted by atomic mass is 10.1. The lowest BCUT2D eigenvalue weighted by Crippen LogP contribution is -2.44. The van der Waals surface area contributed by atoms with Crippen molar-refractivity contribution in [3.63, 3.8) is 0 Å². The van der Waals surface area contributed by atoms with Crippen molar-refractivity contribution < 1.29 is 4.74 Å². The topological polar surface area (TPSA) is 45.7 Å². The molecule has 0 aromatic carbocycles. The van der Waals surface area contributed by atoms with Crippen LogP contribution in [-0.2, 0) is 4.74 Å². The minimum Gasteiger partial charge on any atom is -0.379 e. The van der Waals surface area contributed by atoms with Crippen LogP contribution in [0, 0.1) is 11.8 Å². The molecule has 0 aromatic rings. The van der Waals surface area contributed by atoms with Crippen molar-refractivity contribution in [1.29, 1.82) is 0 Å². The largest absolute Gasteiger partial charge is 0.379 e. The maximum absolute atomic E-state index is 5.51. The van der Waals surface area contributed by atoms with E-state index in [0.29, 0.717) is 31.0 Å². The molecule has 0 aromatic heterocycles. The van der Waals surface area contributed by atoms with Crippen molar-refractivity contribution in [3.8, 4) is 0 Å². The van der Waals surface area contributed by atoms with Crippen molar-refractivity contribution in [3.05, 3.63) is 0 Å². The first-order valence-corrected chi connectivity index (χ1v) is 7.09. The Kier molecular flexibility index (Phi) is 9.74. The highest BCUT2D eigenvalue weighted by Gasteiger charge is 2.08. The molecule has 0 aliphatic carbocycles. The van der Waals surface area contributed by atoms with Crippen LogP contribution in [0.5, 0.6) is 0 Å². The number of nitrogens with zero attached hydrogens (tertiary/aromatic N) is 1. The smallest absolute Gasteiger partial charge is 0.191 e. The SMILES string of the molecule is CCNC(=NCCOCC(C)C)NC(C)C(C)C. The molecule has 4 heteroatoms. The highest BCUT2D eigenvalue weighted by Crippen LogP contribution is 1.99. The number of hydrogen-bond donors (Lipinski definition) is 2. The van der Waals surface area contributed by atoms with Gasteiger partial charge in [0.1, 0.15) is 0 Å². The van der Waals surface area contributed by atoms with Gasteiger partial charge in [-0.1, -0.05) is 27.7 Å². The van der Waals surface area contributed by atoms with Gasteiger partial charge in [0.2, 0.25) is 0 Å². The van der Waals surface area contributed by atoms with Crippen molar-refractivity contribution in [1.82, 2.24) is 10.6 Å². The van der Waals surface area contributed by atoms with Gasteiger partial charge in [0.05, 0.1) is 13.2 Å². The summed E-state index contributed by atoms with van der Waals surface area (Å²) in [5.74, 6) is 2.05. The van der Waals surface area contributed by atoms with Gasteiger partial charge >= 0.3 is 0 Å². The summed E-state index contributed by atoms with van der Waals surface area (Å²) in [7, 11) is 0. The van der Waals surface area contributed by atoms with Gasteiger partial charge in [0.15, 0.2) is 5.96 Å². The molecule has 0 fully saturated rings. The van der Waals surface area contributed by atoms with Gasteiger partial charge in [-0.2, -0.15) is 0 Å². The molecule has 0 amide bonds. The van der Waals surface area contributed by atoms with Gasteiger partial charge in [0.25, 0.3) is 0 Å². The molecule has 0 radical (unpaired) electrons. The predicted molar refractivity (Wildman–Crippen MR) is 79.1 cm³/mol. The molecule has 0 saturated heterocycles. The summed E-state index contributed by atoms with van der Waals surface area (Å²) in [6.07, 6.45) is 0. The first kappa shape index (κ1) is 17.2. The van der Waals surface area contributed by atoms with Crippen molar-refractivity contribution in [2.75, 3.05) is 26.3 Å². The number of nitrogens with one attached hydrogen (secondary N) is 2. The first-order valence-electron chi connectivity index (χ1n) is 7.09. The second-order valence-electron chi connectivity index (χ2n) is 5.41. The van der Waals surface area contributed by atoms with Crippen LogP contribution in [0.4, 0.5) is 0 Å². The zero-order valence-corrected chi connectivity index (χ0v) is 12.9. The van der Waals surface area contributed by atoms with E-state index < -0.39 is 0 Å². The van der Waals surface area contributed by atoms with Gasteiger partial charge in [0, 0.05) is 19.2 Å². The highest BCUT2D eigenvalue weighted by molar-refractivity contribution is 5.80. The Labute approximate surface area is 113 Å². The number of aliphatic imine (C=N–C) groups is 1. The minimum atomic E-state index is 0.416. The van der Waals surface area contributed by atoms with Crippen LogP contribution < -0.4 is 10.6 Å². The first-order chi connectivity index (χ1) is 8.47. The molecule has 108 valence electrons. The molecule has 1 atom stereocenters. The van der Waals surface area contributed by atoms with Crippen molar-refractivity contribution >= 4 is 5.96 Å². The number of rotatable bonds is 8. The fourth-order valence-corrected chi connectivity index (χ4v) is 1.24. The molecule has 18 heavy (non-hydrogen) atoms. The standard InChI is InChI=1S/C14H31N3O/c1-7-15-14(17-13(6)12(4)5)16-8-9-18-10-11(2)3/h11-13H,7-10H2,1-6H3,(H2,15,16,17). The molecular weight excluding hydrogens is 226 g/mol. The number of ether oxygens (including phenoxy) is 1. The Hall–Kier alpha value is -0.770. The van der Waals surface area contributed by atoms with Crippen molar-refractivity contribution in [2.24, 2.45) is 16.8 Å². The van der Waals surface area contributed by atoms with E-state index in [1.54, 1.807) is 0 Å². The van der Waals surface area contributed by atoms with Gasteiger partial charge in [-0.15, -0.1) is 0 Å². The van der Waals surface area contributed by atoms with E-state index >= 15 is 0 Å². The fraction of sp³-hybridized carbons (Fsp3) is 0.929. The molecule has 0 saturated carbocycles. The Bertz CT molecular complexity index is 227. The third kappa shape index (κ3) is 9.28. The highest BCUT2D eigenvalue weighted by atomic mass is 16.5. The zero-order chi connectivity index (χ0) is 14.0. The lowest BCUT2D eigenvalue weighted by molar-refractivity contribution is 0.117. The third-order valence-electron chi connectivity index (χ3n) is 2.67. The van der Waals surface area contributed by atoms with Crippen LogP contribution in [0.25, 0.3) is 0 Å². The van der Waals surface area contributed by atoms with Gasteiger partial charge in [-0.25, -0.2) is 0 Å². The molecule has 0 bridgehead atoms. The van der Waals surface area contributed by atoms with E-state index in [9.17, 15) is 0 Å². The van der Waals surface area contributed by atoms with E-state index in [0.717, 1.165) is 19.1 Å². The summed E-state index contributed by atoms with van der Waals surface area (Å²) in [5.41, 5.74) is 0. The molecule has 2 N–H and O–H groups in total. The summed E-state index contributed by atoms with van der Waals surface area (Å²) in [6, 6.07) is 0.416. The minimum absolute atomic E-state index is 0.416. The van der Waals surface area contributed by atoms with E-state index in [-0.39, 0.29) is 0 Å². The lowest BCUT2D eigenvalue weighted by Gasteiger charge is -2.20. The maximum Gasteiger partial charge on any atom is 0.191 e. The average molecular weight is 257 g/mol. The molecule has 0 aliphatic rings. The summed E-state index contributed by atoms with van der Waals surface area (Å²) in [5, 5.41) is 6.65. The summed E-state index contributed by atoms with van der Waals surface area (Å²) in [4.78, 5) is 4.50. The van der Waals surface area contributed by atoms with E-state index in [2.05, 4.69) is 57.2 Å². The molecule has 1 unspecified atom stereocenters. The molecule has 0 spiro atoms. The normalized spacial score (nSPS) is 14.1. The van der Waals surface area contributed by atoms with E-state index in [1.165, 1.54) is 0 Å². The third-order valence-corrected chi connectivity index (χ3v) is 2.67. The van der Waals surface area contributed by atoms with Crippen LogP contribution >= 0.6 is 0 Å². The monoisotopic (exact) mass is 257 g/mol. The summed E-state index contributed by atoms with van der Waals surface area (Å²) >= 11 is 0. The quantitative estimate of drug-likeness (QED) is 0.398. The zero-order valence-electron chi connectivity index (χ0n) is 12.9. The Balaban J connectivity index is 3.99. The molecule has 4 nitrogen and oxygen atoms in total. The molecule has 0 rings (SSSR count). The van der Waals surface area contributed by atoms with Crippen LogP contribution in [-0.4, -0.2) is 38.3 Å². The van der Waals surface area contributed by atoms with E-state index in [4.69, 9.17) is 4.74 Å². The van der Waals surface area contributed by atoms with Gasteiger partial charge < -0.3 is 15.4 Å². The van der Waals surface area contributed by atoms with Crippen LogP contribution in [0.1, 0.15) is 41.5 Å². The predicted octanol–water partition coefficient (Wildman–Crippen LogP) is 2.26. The fourth-order valence-electron chi connectivity index (χ4n) is 1.24. The Morgan fingerprint density at radius 1 is 1.17 bits per heavy atom. The Morgan fingerprint density at radius 3 is 2.33 bits per heavy atom. The van der Waals surface area contributed by atoms with Crippen molar-refractivity contribution in [2.45, 2.75) is 47.6 Å². The van der Waals surface area contributed by atoms with E-state index in [1.807, 2.05) is 0 Å². The molecular formula is C14H31N3O. The molecule has 0 aliphatic heterocycles.